The Labute approximate surface area is 147 Å². The molecule has 2 amide bonds. The zero-order chi connectivity index (χ0) is 17.8. The minimum Gasteiger partial charge on any atom is -0.383 e. The molecule has 25 heavy (non-hydrogen) atoms. The number of hydrogen-bond acceptors (Lipinski definition) is 3. The molecule has 0 bridgehead atoms. The van der Waals surface area contributed by atoms with Crippen LogP contribution in [0.4, 0.5) is 5.69 Å². The van der Waals surface area contributed by atoms with Crippen LogP contribution in [0.5, 0.6) is 0 Å². The lowest BCUT2D eigenvalue weighted by molar-refractivity contribution is 0.0716. The number of fused-ring (bicyclic) bond motifs is 1. The monoisotopic (exact) mass is 338 g/mol. The Morgan fingerprint density at radius 3 is 2.80 bits per heavy atom. The largest absolute Gasteiger partial charge is 0.383 e. The van der Waals surface area contributed by atoms with Gasteiger partial charge in [-0.2, -0.15) is 0 Å². The highest BCUT2D eigenvalue weighted by Crippen LogP contribution is 2.26. The Kier molecular flexibility index (Phi) is 5.14. The van der Waals surface area contributed by atoms with Gasteiger partial charge >= 0.3 is 0 Å². The number of benzene rings is 2. The van der Waals surface area contributed by atoms with Crippen molar-refractivity contribution in [2.45, 2.75) is 19.9 Å². The van der Waals surface area contributed by atoms with Crippen molar-refractivity contribution < 1.29 is 14.3 Å². The fourth-order valence-electron chi connectivity index (χ4n) is 3.06. The summed E-state index contributed by atoms with van der Waals surface area (Å²) < 4.78 is 5.06. The standard InChI is InChI=1S/C20H22N2O3/c1-3-14-6-4-8-16(12-14)21-19(23)17-9-5-7-15-13-22(10-11-25-2)20(24)18(15)17/h4-9,12H,3,10-11,13H2,1-2H3,(H,21,23). The Hall–Kier alpha value is -2.66. The molecule has 3 rings (SSSR count). The highest BCUT2D eigenvalue weighted by atomic mass is 16.5. The maximum atomic E-state index is 12.7. The second-order valence-corrected chi connectivity index (χ2v) is 6.07. The summed E-state index contributed by atoms with van der Waals surface area (Å²) in [6.07, 6.45) is 0.900. The second kappa shape index (κ2) is 7.49. The Morgan fingerprint density at radius 1 is 1.24 bits per heavy atom. The number of aryl methyl sites for hydroxylation is 1. The molecule has 1 N–H and O–H groups in total. The maximum absolute atomic E-state index is 12.7. The van der Waals surface area contributed by atoms with E-state index in [1.807, 2.05) is 36.4 Å². The van der Waals surface area contributed by atoms with Crippen LogP contribution in [0.2, 0.25) is 0 Å². The lowest BCUT2D eigenvalue weighted by atomic mass is 10.0. The molecular weight excluding hydrogens is 316 g/mol. The number of amides is 2. The highest BCUT2D eigenvalue weighted by molar-refractivity contribution is 6.13. The van der Waals surface area contributed by atoms with E-state index in [1.54, 1.807) is 18.1 Å². The molecule has 5 nitrogen and oxygen atoms in total. The molecule has 0 saturated carbocycles. The number of hydrogen-bond donors (Lipinski definition) is 1. The summed E-state index contributed by atoms with van der Waals surface area (Å²) in [5, 5.41) is 2.91. The third-order valence-corrected chi connectivity index (χ3v) is 4.42. The molecule has 5 heteroatoms. The van der Waals surface area contributed by atoms with Crippen molar-refractivity contribution in [1.82, 2.24) is 4.90 Å². The van der Waals surface area contributed by atoms with Crippen LogP contribution in [0.15, 0.2) is 42.5 Å². The van der Waals surface area contributed by atoms with Crippen molar-refractivity contribution in [3.63, 3.8) is 0 Å². The number of anilines is 1. The van der Waals surface area contributed by atoms with E-state index in [0.717, 1.165) is 23.2 Å². The molecule has 0 fully saturated rings. The van der Waals surface area contributed by atoms with Crippen molar-refractivity contribution in [3.8, 4) is 0 Å². The first-order valence-corrected chi connectivity index (χ1v) is 8.44. The van der Waals surface area contributed by atoms with E-state index >= 15 is 0 Å². The quantitative estimate of drug-likeness (QED) is 0.880. The first-order chi connectivity index (χ1) is 12.1. The van der Waals surface area contributed by atoms with Gasteiger partial charge in [0, 0.05) is 25.9 Å². The van der Waals surface area contributed by atoms with E-state index in [1.165, 1.54) is 0 Å². The van der Waals surface area contributed by atoms with Gasteiger partial charge < -0.3 is 15.0 Å². The first kappa shape index (κ1) is 17.2. The summed E-state index contributed by atoms with van der Waals surface area (Å²) in [7, 11) is 1.61. The average Bonchev–Trinajstić information content (AvgIpc) is 2.96. The van der Waals surface area contributed by atoms with Crippen LogP contribution in [-0.4, -0.2) is 37.0 Å². The van der Waals surface area contributed by atoms with Crippen LogP contribution >= 0.6 is 0 Å². The number of nitrogens with one attached hydrogen (secondary N) is 1. The topological polar surface area (TPSA) is 58.6 Å². The molecular formula is C20H22N2O3. The van der Waals surface area contributed by atoms with Crippen molar-refractivity contribution in [2.24, 2.45) is 0 Å². The number of rotatable bonds is 6. The zero-order valence-corrected chi connectivity index (χ0v) is 14.5. The normalized spacial score (nSPS) is 13.0. The van der Waals surface area contributed by atoms with E-state index in [4.69, 9.17) is 4.74 Å². The minimum atomic E-state index is -0.257. The van der Waals surface area contributed by atoms with Gasteiger partial charge in [0.1, 0.15) is 0 Å². The van der Waals surface area contributed by atoms with Gasteiger partial charge in [-0.25, -0.2) is 0 Å². The molecule has 1 aliphatic heterocycles. The van der Waals surface area contributed by atoms with Gasteiger partial charge in [-0.05, 0) is 35.7 Å². The van der Waals surface area contributed by atoms with Crippen molar-refractivity contribution >= 4 is 17.5 Å². The van der Waals surface area contributed by atoms with Crippen LogP contribution in [0.3, 0.4) is 0 Å². The van der Waals surface area contributed by atoms with Gasteiger partial charge in [0.05, 0.1) is 17.7 Å². The average molecular weight is 338 g/mol. The predicted octanol–water partition coefficient (Wildman–Crippen LogP) is 3.10. The molecule has 0 aliphatic carbocycles. The molecule has 0 unspecified atom stereocenters. The van der Waals surface area contributed by atoms with Crippen LogP contribution in [0.1, 0.15) is 38.8 Å². The number of methoxy groups -OCH3 is 1. The molecule has 0 atom stereocenters. The van der Waals surface area contributed by atoms with E-state index in [-0.39, 0.29) is 11.8 Å². The van der Waals surface area contributed by atoms with E-state index in [9.17, 15) is 9.59 Å². The number of carbonyl (C=O) groups is 2. The summed E-state index contributed by atoms with van der Waals surface area (Å²) in [5.74, 6) is -0.368. The van der Waals surface area contributed by atoms with E-state index in [2.05, 4.69) is 12.2 Å². The van der Waals surface area contributed by atoms with E-state index < -0.39 is 0 Å². The molecule has 2 aromatic rings. The van der Waals surface area contributed by atoms with Crippen LogP contribution < -0.4 is 5.32 Å². The Morgan fingerprint density at radius 2 is 2.04 bits per heavy atom. The second-order valence-electron chi connectivity index (χ2n) is 6.07. The smallest absolute Gasteiger partial charge is 0.256 e. The van der Waals surface area contributed by atoms with Gasteiger partial charge in [-0.15, -0.1) is 0 Å². The number of nitrogens with zero attached hydrogens (tertiary/aromatic N) is 1. The van der Waals surface area contributed by atoms with Crippen LogP contribution in [-0.2, 0) is 17.7 Å². The lowest BCUT2D eigenvalue weighted by Crippen LogP contribution is -2.28. The van der Waals surface area contributed by atoms with Crippen molar-refractivity contribution in [3.05, 3.63) is 64.7 Å². The third-order valence-electron chi connectivity index (χ3n) is 4.42. The fraction of sp³-hybridized carbons (Fsp3) is 0.300. The molecule has 1 aliphatic rings. The maximum Gasteiger partial charge on any atom is 0.256 e. The molecule has 0 aromatic heterocycles. The Balaban J connectivity index is 1.83. The molecule has 1 heterocycles. The van der Waals surface area contributed by atoms with Crippen molar-refractivity contribution in [2.75, 3.05) is 25.6 Å². The summed E-state index contributed by atoms with van der Waals surface area (Å²) in [4.78, 5) is 27.1. The predicted molar refractivity (Wildman–Crippen MR) is 96.8 cm³/mol. The van der Waals surface area contributed by atoms with Gasteiger partial charge in [0.25, 0.3) is 11.8 Å². The molecule has 2 aromatic carbocycles. The third kappa shape index (κ3) is 3.56. The molecule has 0 spiro atoms. The van der Waals surface area contributed by atoms with Crippen LogP contribution in [0.25, 0.3) is 0 Å². The number of ether oxygens (including phenoxy) is 1. The summed E-state index contributed by atoms with van der Waals surface area (Å²) >= 11 is 0. The van der Waals surface area contributed by atoms with Gasteiger partial charge in [-0.1, -0.05) is 31.2 Å². The molecule has 0 radical (unpaired) electrons. The van der Waals surface area contributed by atoms with Gasteiger partial charge in [0.15, 0.2) is 0 Å². The lowest BCUT2D eigenvalue weighted by Gasteiger charge is -2.14. The van der Waals surface area contributed by atoms with E-state index in [0.29, 0.717) is 30.8 Å². The summed E-state index contributed by atoms with van der Waals surface area (Å²) in [6, 6.07) is 13.2. The van der Waals surface area contributed by atoms with Gasteiger partial charge in [0.2, 0.25) is 0 Å². The first-order valence-electron chi connectivity index (χ1n) is 8.44. The highest BCUT2D eigenvalue weighted by Gasteiger charge is 2.31. The van der Waals surface area contributed by atoms with Crippen LogP contribution in [0, 0.1) is 0 Å². The molecule has 0 saturated heterocycles. The molecule has 130 valence electrons. The fourth-order valence-corrected chi connectivity index (χ4v) is 3.06. The summed E-state index contributed by atoms with van der Waals surface area (Å²) in [6.45, 7) is 3.58. The Bertz CT molecular complexity index is 801. The van der Waals surface area contributed by atoms with Gasteiger partial charge in [-0.3, -0.25) is 9.59 Å². The summed E-state index contributed by atoms with van der Waals surface area (Å²) in [5.41, 5.74) is 3.70. The zero-order valence-electron chi connectivity index (χ0n) is 14.5. The SMILES string of the molecule is CCc1cccc(NC(=O)c2cccc3c2C(=O)N(CCOC)C3)c1. The number of carbonyl (C=O) groups excluding carboxylic acids is 2. The minimum absolute atomic E-state index is 0.111. The van der Waals surface area contributed by atoms with Crippen molar-refractivity contribution in [1.29, 1.82) is 0 Å².